The van der Waals surface area contributed by atoms with Crippen molar-refractivity contribution >= 4 is 5.91 Å². The van der Waals surface area contributed by atoms with Gasteiger partial charge in [0.25, 0.3) is 5.91 Å². The lowest BCUT2D eigenvalue weighted by atomic mass is 9.86. The van der Waals surface area contributed by atoms with Crippen LogP contribution in [0.2, 0.25) is 0 Å². The number of nitrogens with zero attached hydrogens (tertiary/aromatic N) is 3. The molecule has 25 heavy (non-hydrogen) atoms. The molecule has 0 radical (unpaired) electrons. The number of carbonyl (C=O) groups excluding carboxylic acids is 1. The van der Waals surface area contributed by atoms with Crippen molar-refractivity contribution in [2.75, 3.05) is 6.54 Å². The van der Waals surface area contributed by atoms with Gasteiger partial charge < -0.3 is 9.32 Å². The van der Waals surface area contributed by atoms with Gasteiger partial charge in [0.05, 0.1) is 11.8 Å². The van der Waals surface area contributed by atoms with Crippen molar-refractivity contribution in [3.63, 3.8) is 0 Å². The van der Waals surface area contributed by atoms with Gasteiger partial charge in [0.1, 0.15) is 11.5 Å². The average Bonchev–Trinajstić information content (AvgIpc) is 3.18. The summed E-state index contributed by atoms with van der Waals surface area (Å²) in [5.41, 5.74) is 4.25. The summed E-state index contributed by atoms with van der Waals surface area (Å²) in [7, 11) is 1.92. The fourth-order valence-electron chi connectivity index (χ4n) is 3.68. The topological polar surface area (TPSA) is 51.3 Å². The van der Waals surface area contributed by atoms with Gasteiger partial charge in [-0.15, -0.1) is 0 Å². The zero-order chi connectivity index (χ0) is 17.6. The summed E-state index contributed by atoms with van der Waals surface area (Å²) in [6, 6.07) is 10.2. The second-order valence-electron chi connectivity index (χ2n) is 6.71. The molecule has 1 amide bonds. The Morgan fingerprint density at radius 3 is 2.76 bits per heavy atom. The lowest BCUT2D eigenvalue weighted by molar-refractivity contribution is 0.0723. The molecule has 5 heteroatoms. The molecule has 2 aromatic heterocycles. The molecule has 1 atom stereocenters. The Bertz CT molecular complexity index is 938. The van der Waals surface area contributed by atoms with Crippen LogP contribution in [0.5, 0.6) is 0 Å². The first-order valence-electron chi connectivity index (χ1n) is 8.45. The standard InChI is InChI=1S/C20H21N3O2/c1-13-8-18(14(2)25-13)20(24)23-11-15-6-4-5-7-17(15)19(12-23)16-9-21-22(3)10-16/h4-10,19H,11-12H2,1-3H3. The molecule has 0 saturated heterocycles. The van der Waals surface area contributed by atoms with Crippen LogP contribution in [0.1, 0.15) is 44.5 Å². The third-order valence-electron chi connectivity index (χ3n) is 4.88. The molecule has 1 unspecified atom stereocenters. The molecule has 0 fully saturated rings. The van der Waals surface area contributed by atoms with Crippen LogP contribution in [-0.2, 0) is 13.6 Å². The summed E-state index contributed by atoms with van der Waals surface area (Å²) < 4.78 is 7.36. The summed E-state index contributed by atoms with van der Waals surface area (Å²) in [5, 5.41) is 4.31. The van der Waals surface area contributed by atoms with E-state index >= 15 is 0 Å². The van der Waals surface area contributed by atoms with Crippen LogP contribution in [0.3, 0.4) is 0 Å². The molecule has 0 bridgehead atoms. The highest BCUT2D eigenvalue weighted by molar-refractivity contribution is 5.95. The number of fused-ring (bicyclic) bond motifs is 1. The normalized spacial score (nSPS) is 16.8. The van der Waals surface area contributed by atoms with Crippen molar-refractivity contribution in [3.8, 4) is 0 Å². The number of aryl methyl sites for hydroxylation is 3. The molecule has 0 saturated carbocycles. The van der Waals surface area contributed by atoms with Crippen molar-refractivity contribution in [2.24, 2.45) is 7.05 Å². The summed E-state index contributed by atoms with van der Waals surface area (Å²) in [4.78, 5) is 15.0. The van der Waals surface area contributed by atoms with Gasteiger partial charge in [-0.1, -0.05) is 24.3 Å². The number of benzene rings is 1. The first-order chi connectivity index (χ1) is 12.0. The molecule has 128 valence electrons. The van der Waals surface area contributed by atoms with E-state index in [-0.39, 0.29) is 11.8 Å². The van der Waals surface area contributed by atoms with Crippen molar-refractivity contribution in [1.82, 2.24) is 14.7 Å². The van der Waals surface area contributed by atoms with Gasteiger partial charge >= 0.3 is 0 Å². The molecule has 1 aliphatic heterocycles. The third kappa shape index (κ3) is 2.76. The minimum atomic E-state index is 0.0257. The van der Waals surface area contributed by atoms with Crippen LogP contribution in [0, 0.1) is 13.8 Å². The highest BCUT2D eigenvalue weighted by Gasteiger charge is 2.31. The van der Waals surface area contributed by atoms with Gasteiger partial charge in [-0.05, 0) is 36.6 Å². The molecule has 0 N–H and O–H groups in total. The molecule has 4 rings (SSSR count). The van der Waals surface area contributed by atoms with Crippen LogP contribution in [0.4, 0.5) is 0 Å². The van der Waals surface area contributed by atoms with Crippen LogP contribution in [0.25, 0.3) is 0 Å². The van der Waals surface area contributed by atoms with E-state index in [0.29, 0.717) is 24.4 Å². The highest BCUT2D eigenvalue weighted by Crippen LogP contribution is 2.34. The molecular weight excluding hydrogens is 314 g/mol. The second kappa shape index (κ2) is 5.92. The van der Waals surface area contributed by atoms with Gasteiger partial charge in [-0.2, -0.15) is 5.10 Å². The largest absolute Gasteiger partial charge is 0.466 e. The van der Waals surface area contributed by atoms with E-state index in [0.717, 1.165) is 11.3 Å². The smallest absolute Gasteiger partial charge is 0.257 e. The number of furan rings is 1. The van der Waals surface area contributed by atoms with Gasteiger partial charge in [-0.25, -0.2) is 0 Å². The maximum atomic E-state index is 13.1. The van der Waals surface area contributed by atoms with Crippen LogP contribution >= 0.6 is 0 Å². The molecule has 5 nitrogen and oxygen atoms in total. The fourth-order valence-corrected chi connectivity index (χ4v) is 3.68. The van der Waals surface area contributed by atoms with Crippen molar-refractivity contribution < 1.29 is 9.21 Å². The van der Waals surface area contributed by atoms with Crippen molar-refractivity contribution in [3.05, 3.63) is 76.5 Å². The second-order valence-corrected chi connectivity index (χ2v) is 6.71. The van der Waals surface area contributed by atoms with Gasteiger partial charge in [0.15, 0.2) is 0 Å². The monoisotopic (exact) mass is 335 g/mol. The average molecular weight is 335 g/mol. The number of hydrogen-bond donors (Lipinski definition) is 0. The highest BCUT2D eigenvalue weighted by atomic mass is 16.3. The van der Waals surface area contributed by atoms with E-state index in [1.54, 1.807) is 0 Å². The van der Waals surface area contributed by atoms with Gasteiger partial charge in [0, 0.05) is 32.3 Å². The first kappa shape index (κ1) is 15.7. The maximum absolute atomic E-state index is 13.1. The summed E-state index contributed by atoms with van der Waals surface area (Å²) in [6.07, 6.45) is 3.92. The van der Waals surface area contributed by atoms with E-state index in [1.807, 2.05) is 55.0 Å². The van der Waals surface area contributed by atoms with E-state index in [1.165, 1.54) is 11.1 Å². The van der Waals surface area contributed by atoms with E-state index in [2.05, 4.69) is 23.3 Å². The Hall–Kier alpha value is -2.82. The predicted molar refractivity (Wildman–Crippen MR) is 94.4 cm³/mol. The van der Waals surface area contributed by atoms with Crippen molar-refractivity contribution in [1.29, 1.82) is 0 Å². The quantitative estimate of drug-likeness (QED) is 0.721. The maximum Gasteiger partial charge on any atom is 0.257 e. The summed E-state index contributed by atoms with van der Waals surface area (Å²) in [6.45, 7) is 4.98. The van der Waals surface area contributed by atoms with Crippen LogP contribution in [0.15, 0.2) is 47.1 Å². The predicted octanol–water partition coefficient (Wildman–Crippen LogP) is 3.42. The minimum absolute atomic E-state index is 0.0257. The molecule has 3 heterocycles. The lowest BCUT2D eigenvalue weighted by Crippen LogP contribution is -2.38. The Balaban J connectivity index is 1.72. The molecule has 0 aliphatic carbocycles. The van der Waals surface area contributed by atoms with Gasteiger partial charge in [0.2, 0.25) is 0 Å². The summed E-state index contributed by atoms with van der Waals surface area (Å²) in [5.74, 6) is 1.61. The first-order valence-corrected chi connectivity index (χ1v) is 8.45. The Labute approximate surface area is 146 Å². The Morgan fingerprint density at radius 1 is 1.28 bits per heavy atom. The van der Waals surface area contributed by atoms with E-state index in [9.17, 15) is 4.79 Å². The zero-order valence-corrected chi connectivity index (χ0v) is 14.7. The third-order valence-corrected chi connectivity index (χ3v) is 4.88. The minimum Gasteiger partial charge on any atom is -0.466 e. The van der Waals surface area contributed by atoms with E-state index < -0.39 is 0 Å². The number of aromatic nitrogens is 2. The van der Waals surface area contributed by atoms with E-state index in [4.69, 9.17) is 4.42 Å². The lowest BCUT2D eigenvalue weighted by Gasteiger charge is -2.34. The number of rotatable bonds is 2. The number of carbonyl (C=O) groups is 1. The molecule has 0 spiro atoms. The zero-order valence-electron chi connectivity index (χ0n) is 14.7. The van der Waals surface area contributed by atoms with Crippen molar-refractivity contribution in [2.45, 2.75) is 26.3 Å². The Kier molecular flexibility index (Phi) is 3.71. The van der Waals surface area contributed by atoms with Crippen LogP contribution < -0.4 is 0 Å². The Morgan fingerprint density at radius 2 is 2.08 bits per heavy atom. The van der Waals surface area contributed by atoms with Crippen LogP contribution in [-0.4, -0.2) is 27.1 Å². The summed E-state index contributed by atoms with van der Waals surface area (Å²) >= 11 is 0. The number of hydrogen-bond acceptors (Lipinski definition) is 3. The molecule has 1 aliphatic rings. The SMILES string of the molecule is Cc1cc(C(=O)N2Cc3ccccc3C(c3cnn(C)c3)C2)c(C)o1. The number of amides is 1. The fraction of sp³-hybridized carbons (Fsp3) is 0.300. The molecule has 1 aromatic carbocycles. The molecular formula is C20H21N3O2. The van der Waals surface area contributed by atoms with Gasteiger partial charge in [-0.3, -0.25) is 9.48 Å². The molecule has 3 aromatic rings.